The van der Waals surface area contributed by atoms with E-state index < -0.39 is 12.2 Å². The highest BCUT2D eigenvalue weighted by atomic mass is 79.9. The molecule has 0 saturated heterocycles. The third kappa shape index (κ3) is 3.06. The monoisotopic (exact) mass is 264 g/mol. The Morgan fingerprint density at radius 1 is 1.54 bits per heavy atom. The van der Waals surface area contributed by atoms with Gasteiger partial charge in [-0.3, -0.25) is 0 Å². The van der Waals surface area contributed by atoms with E-state index in [-0.39, 0.29) is 0 Å². The Bertz CT molecular complexity index is 262. The van der Waals surface area contributed by atoms with Crippen LogP contribution in [0.2, 0.25) is 0 Å². The molecule has 74 valence electrons. The van der Waals surface area contributed by atoms with Gasteiger partial charge in [0.1, 0.15) is 6.10 Å². The van der Waals surface area contributed by atoms with Crippen LogP contribution in [0.25, 0.3) is 0 Å². The summed E-state index contributed by atoms with van der Waals surface area (Å²) in [6.07, 6.45) is -0.855. The number of aryl methyl sites for hydroxylation is 1. The van der Waals surface area contributed by atoms with E-state index in [1.54, 1.807) is 11.3 Å². The first kappa shape index (κ1) is 11.2. The van der Waals surface area contributed by atoms with E-state index in [0.717, 1.165) is 10.4 Å². The molecule has 1 heterocycles. The van der Waals surface area contributed by atoms with E-state index in [0.29, 0.717) is 11.8 Å². The fourth-order valence-corrected chi connectivity index (χ4v) is 2.31. The summed E-state index contributed by atoms with van der Waals surface area (Å²) in [6.45, 7) is 1.98. The van der Waals surface area contributed by atoms with Crippen LogP contribution in [0.15, 0.2) is 11.4 Å². The van der Waals surface area contributed by atoms with Crippen molar-refractivity contribution in [3.05, 3.63) is 21.9 Å². The van der Waals surface area contributed by atoms with Gasteiger partial charge in [0.15, 0.2) is 0 Å². The molecule has 0 bridgehead atoms. The molecule has 0 spiro atoms. The summed E-state index contributed by atoms with van der Waals surface area (Å²) in [4.78, 5) is 1.15. The average molecular weight is 265 g/mol. The number of aliphatic hydroxyl groups excluding tert-OH is 2. The van der Waals surface area contributed by atoms with E-state index in [2.05, 4.69) is 15.9 Å². The molecule has 0 saturated carbocycles. The van der Waals surface area contributed by atoms with Crippen molar-refractivity contribution in [3.63, 3.8) is 0 Å². The van der Waals surface area contributed by atoms with Gasteiger partial charge in [-0.05, 0) is 30.4 Å². The summed E-state index contributed by atoms with van der Waals surface area (Å²) in [5.74, 6) is 0. The second kappa shape index (κ2) is 5.10. The minimum atomic E-state index is -0.748. The normalized spacial score (nSPS) is 15.7. The molecular formula is C9H13BrO2S. The zero-order valence-corrected chi connectivity index (χ0v) is 9.81. The summed E-state index contributed by atoms with van der Waals surface area (Å²) in [6, 6.07) is 1.91. The topological polar surface area (TPSA) is 40.5 Å². The largest absolute Gasteiger partial charge is 0.390 e. The summed E-state index contributed by atoms with van der Waals surface area (Å²) >= 11 is 4.81. The fourth-order valence-electron chi connectivity index (χ4n) is 1.11. The first-order valence-electron chi connectivity index (χ1n) is 4.12. The van der Waals surface area contributed by atoms with E-state index in [1.165, 1.54) is 0 Å². The first-order chi connectivity index (χ1) is 6.15. The van der Waals surface area contributed by atoms with E-state index >= 15 is 0 Å². The van der Waals surface area contributed by atoms with Crippen molar-refractivity contribution in [2.75, 3.05) is 5.33 Å². The summed E-state index contributed by atoms with van der Waals surface area (Å²) in [5.41, 5.74) is 0.816. The Balaban J connectivity index is 2.61. The Morgan fingerprint density at radius 3 is 2.69 bits per heavy atom. The highest BCUT2D eigenvalue weighted by Gasteiger charge is 2.18. The number of hydrogen-bond donors (Lipinski definition) is 2. The molecule has 0 aliphatic carbocycles. The van der Waals surface area contributed by atoms with Crippen molar-refractivity contribution in [2.45, 2.75) is 25.6 Å². The van der Waals surface area contributed by atoms with Crippen LogP contribution in [-0.4, -0.2) is 21.6 Å². The maximum Gasteiger partial charge on any atom is 0.106 e. The van der Waals surface area contributed by atoms with E-state index in [9.17, 15) is 10.2 Å². The molecule has 0 aromatic carbocycles. The quantitative estimate of drug-likeness (QED) is 0.820. The van der Waals surface area contributed by atoms with Crippen molar-refractivity contribution in [1.82, 2.24) is 0 Å². The lowest BCUT2D eigenvalue weighted by atomic mass is 10.1. The maximum absolute atomic E-state index is 9.67. The second-order valence-electron chi connectivity index (χ2n) is 2.98. The predicted molar refractivity (Wildman–Crippen MR) is 58.4 cm³/mol. The van der Waals surface area contributed by atoms with Gasteiger partial charge in [-0.25, -0.2) is 0 Å². The van der Waals surface area contributed by atoms with Crippen molar-refractivity contribution in [3.8, 4) is 0 Å². The Kier molecular flexibility index (Phi) is 4.38. The number of thiophene rings is 1. The first-order valence-corrected chi connectivity index (χ1v) is 6.12. The van der Waals surface area contributed by atoms with Gasteiger partial charge in [-0.2, -0.15) is 0 Å². The van der Waals surface area contributed by atoms with Gasteiger partial charge in [0.05, 0.1) is 6.10 Å². The molecule has 0 fully saturated rings. The zero-order chi connectivity index (χ0) is 9.84. The van der Waals surface area contributed by atoms with Crippen molar-refractivity contribution >= 4 is 27.3 Å². The van der Waals surface area contributed by atoms with Gasteiger partial charge >= 0.3 is 0 Å². The molecule has 1 rings (SSSR count). The summed E-state index contributed by atoms with van der Waals surface area (Å²) in [7, 11) is 0. The third-order valence-electron chi connectivity index (χ3n) is 1.86. The van der Waals surface area contributed by atoms with Gasteiger partial charge < -0.3 is 10.2 Å². The predicted octanol–water partition coefficient (Wildman–Crippen LogP) is 2.24. The van der Waals surface area contributed by atoms with Crippen molar-refractivity contribution < 1.29 is 10.2 Å². The van der Waals surface area contributed by atoms with Gasteiger partial charge in [-0.1, -0.05) is 15.9 Å². The fraction of sp³-hybridized carbons (Fsp3) is 0.556. The molecule has 1 aromatic heterocycles. The standard InChI is InChI=1S/C9H13BrO2S/c1-6-4-7(5-13-6)9(12)8(11)2-3-10/h4-5,8-9,11-12H,2-3H2,1H3. The van der Waals surface area contributed by atoms with Crippen LogP contribution in [0.5, 0.6) is 0 Å². The van der Waals surface area contributed by atoms with Gasteiger partial charge in [0.2, 0.25) is 0 Å². The number of rotatable bonds is 4. The van der Waals surface area contributed by atoms with Gasteiger partial charge in [0, 0.05) is 10.2 Å². The van der Waals surface area contributed by atoms with Crippen molar-refractivity contribution in [2.24, 2.45) is 0 Å². The molecule has 1 aromatic rings. The van der Waals surface area contributed by atoms with Gasteiger partial charge in [0.25, 0.3) is 0 Å². The lowest BCUT2D eigenvalue weighted by molar-refractivity contribution is 0.0176. The highest BCUT2D eigenvalue weighted by molar-refractivity contribution is 9.09. The number of halogens is 1. The van der Waals surface area contributed by atoms with Crippen LogP contribution >= 0.6 is 27.3 Å². The zero-order valence-electron chi connectivity index (χ0n) is 7.40. The minimum Gasteiger partial charge on any atom is -0.390 e. The van der Waals surface area contributed by atoms with Crippen LogP contribution < -0.4 is 0 Å². The number of hydrogen-bond acceptors (Lipinski definition) is 3. The lowest BCUT2D eigenvalue weighted by Crippen LogP contribution is -2.17. The van der Waals surface area contributed by atoms with Crippen LogP contribution in [-0.2, 0) is 0 Å². The summed E-state index contributed by atoms with van der Waals surface area (Å²) in [5, 5.41) is 21.8. The van der Waals surface area contributed by atoms with E-state index in [1.807, 2.05) is 18.4 Å². The molecule has 0 amide bonds. The Hall–Kier alpha value is 0.100. The molecule has 4 heteroatoms. The average Bonchev–Trinajstić information content (AvgIpc) is 2.51. The highest BCUT2D eigenvalue weighted by Crippen LogP contribution is 2.24. The molecule has 2 unspecified atom stereocenters. The molecule has 0 aliphatic heterocycles. The smallest absolute Gasteiger partial charge is 0.106 e. The molecule has 2 nitrogen and oxygen atoms in total. The molecule has 2 N–H and O–H groups in total. The SMILES string of the molecule is Cc1cc(C(O)C(O)CCBr)cs1. The van der Waals surface area contributed by atoms with Crippen LogP contribution in [0.4, 0.5) is 0 Å². The number of alkyl halides is 1. The molecule has 0 radical (unpaired) electrons. The minimum absolute atomic E-state index is 0.566. The lowest BCUT2D eigenvalue weighted by Gasteiger charge is -2.15. The van der Waals surface area contributed by atoms with E-state index in [4.69, 9.17) is 0 Å². The van der Waals surface area contributed by atoms with Crippen molar-refractivity contribution in [1.29, 1.82) is 0 Å². The molecule has 0 aliphatic rings. The maximum atomic E-state index is 9.67. The summed E-state index contributed by atoms with van der Waals surface area (Å²) < 4.78 is 0. The van der Waals surface area contributed by atoms with Crippen LogP contribution in [0.1, 0.15) is 23.0 Å². The second-order valence-corrected chi connectivity index (χ2v) is 4.89. The molecule has 13 heavy (non-hydrogen) atoms. The third-order valence-corrected chi connectivity index (χ3v) is 3.20. The Morgan fingerprint density at radius 2 is 2.23 bits per heavy atom. The molecular weight excluding hydrogens is 252 g/mol. The van der Waals surface area contributed by atoms with Gasteiger partial charge in [-0.15, -0.1) is 11.3 Å². The van der Waals surface area contributed by atoms with Crippen LogP contribution in [0, 0.1) is 6.92 Å². The van der Waals surface area contributed by atoms with Crippen LogP contribution in [0.3, 0.4) is 0 Å². The number of aliphatic hydroxyl groups is 2. The molecule has 2 atom stereocenters. The Labute approximate surface area is 90.4 Å².